The van der Waals surface area contributed by atoms with Crippen LogP contribution < -0.4 is 10.4 Å². The van der Waals surface area contributed by atoms with Gasteiger partial charge in [-0.2, -0.15) is 0 Å². The Hall–Kier alpha value is -4.78. The summed E-state index contributed by atoms with van der Waals surface area (Å²) >= 11 is 0. The second kappa shape index (κ2) is 7.36. The van der Waals surface area contributed by atoms with Crippen LogP contribution in [0.4, 0.5) is 0 Å². The zero-order chi connectivity index (χ0) is 23.5. The molecule has 1 unspecified atom stereocenters. The summed E-state index contributed by atoms with van der Waals surface area (Å²) in [6, 6.07) is 25.7. The maximum absolute atomic E-state index is 12.9. The van der Waals surface area contributed by atoms with E-state index in [4.69, 9.17) is 14.1 Å². The van der Waals surface area contributed by atoms with Gasteiger partial charge < -0.3 is 9.15 Å². The molecule has 1 aliphatic heterocycles. The van der Waals surface area contributed by atoms with Crippen LogP contribution in [0.1, 0.15) is 24.0 Å². The molecule has 3 aromatic carbocycles. The van der Waals surface area contributed by atoms with Crippen molar-refractivity contribution in [1.29, 1.82) is 0 Å². The molecule has 0 saturated heterocycles. The average Bonchev–Trinajstić information content (AvgIpc) is 3.34. The molecule has 4 heterocycles. The highest BCUT2D eigenvalue weighted by atomic mass is 16.5. The topological polar surface area (TPSA) is 82.5 Å². The largest absolute Gasteiger partial charge is 0.437 e. The summed E-state index contributed by atoms with van der Waals surface area (Å²) in [5, 5.41) is 5.38. The number of para-hydroxylation sites is 1. The van der Waals surface area contributed by atoms with Crippen molar-refractivity contribution in [2.75, 3.05) is 0 Å². The Morgan fingerprint density at radius 2 is 1.54 bits per heavy atom. The van der Waals surface area contributed by atoms with Crippen LogP contribution in [0.25, 0.3) is 39.1 Å². The number of benzene rings is 3. The lowest BCUT2D eigenvalue weighted by Gasteiger charge is -2.24. The first kappa shape index (κ1) is 19.7. The summed E-state index contributed by atoms with van der Waals surface area (Å²) in [6.45, 7) is 1.94. The van der Waals surface area contributed by atoms with E-state index in [1.165, 1.54) is 0 Å². The number of hydrogen-bond acceptors (Lipinski definition) is 6. The van der Waals surface area contributed by atoms with Gasteiger partial charge in [-0.1, -0.05) is 73.7 Å². The lowest BCUT2D eigenvalue weighted by molar-refractivity contribution is 0.419. The van der Waals surface area contributed by atoms with Crippen molar-refractivity contribution < 1.29 is 9.15 Å². The maximum atomic E-state index is 12.9. The summed E-state index contributed by atoms with van der Waals surface area (Å²) in [7, 11) is 0. The van der Waals surface area contributed by atoms with Gasteiger partial charge >= 0.3 is 5.63 Å². The minimum Gasteiger partial charge on any atom is -0.437 e. The fourth-order valence-electron chi connectivity index (χ4n) is 4.74. The van der Waals surface area contributed by atoms with E-state index in [2.05, 4.69) is 34.3 Å². The van der Waals surface area contributed by atoms with Crippen LogP contribution in [0.2, 0.25) is 0 Å². The third-order valence-corrected chi connectivity index (χ3v) is 6.50. The average molecular weight is 458 g/mol. The fourth-order valence-corrected chi connectivity index (χ4v) is 4.74. The molecule has 0 aliphatic carbocycles. The summed E-state index contributed by atoms with van der Waals surface area (Å²) in [6.07, 6.45) is 1.59. The van der Waals surface area contributed by atoms with Crippen LogP contribution in [0.3, 0.4) is 0 Å². The second-order valence-electron chi connectivity index (χ2n) is 8.56. The van der Waals surface area contributed by atoms with Gasteiger partial charge in [-0.25, -0.2) is 19.3 Å². The van der Waals surface area contributed by atoms with Crippen LogP contribution in [-0.2, 0) is 0 Å². The van der Waals surface area contributed by atoms with Crippen molar-refractivity contribution >= 4 is 16.6 Å². The molecule has 7 heteroatoms. The molecular weight excluding hydrogens is 440 g/mol. The predicted octanol–water partition coefficient (Wildman–Crippen LogP) is 5.82. The lowest BCUT2D eigenvalue weighted by atomic mass is 9.92. The van der Waals surface area contributed by atoms with Crippen molar-refractivity contribution in [2.45, 2.75) is 12.8 Å². The van der Waals surface area contributed by atoms with E-state index in [-0.39, 0.29) is 5.92 Å². The summed E-state index contributed by atoms with van der Waals surface area (Å²) in [4.78, 5) is 22.2. The molecule has 0 N–H and O–H groups in total. The zero-order valence-electron chi connectivity index (χ0n) is 18.7. The number of rotatable bonds is 2. The molecule has 7 rings (SSSR count). The van der Waals surface area contributed by atoms with Gasteiger partial charge in [0.1, 0.15) is 11.9 Å². The van der Waals surface area contributed by atoms with Crippen LogP contribution in [0, 0.1) is 0 Å². The van der Waals surface area contributed by atoms with Crippen molar-refractivity contribution in [3.8, 4) is 34.1 Å². The van der Waals surface area contributed by atoms with E-state index in [0.717, 1.165) is 22.1 Å². The Morgan fingerprint density at radius 1 is 0.829 bits per heavy atom. The molecular formula is C28H18N4O3. The summed E-state index contributed by atoms with van der Waals surface area (Å²) < 4.78 is 13.4. The molecule has 0 saturated carbocycles. The second-order valence-corrected chi connectivity index (χ2v) is 8.56. The minimum atomic E-state index is -0.421. The first-order valence-corrected chi connectivity index (χ1v) is 11.3. The quantitative estimate of drug-likeness (QED) is 0.304. The predicted molar refractivity (Wildman–Crippen MR) is 132 cm³/mol. The zero-order valence-corrected chi connectivity index (χ0v) is 18.7. The van der Waals surface area contributed by atoms with Crippen molar-refractivity contribution in [3.05, 3.63) is 107 Å². The van der Waals surface area contributed by atoms with Crippen LogP contribution >= 0.6 is 0 Å². The molecule has 0 fully saturated rings. The van der Waals surface area contributed by atoms with Crippen molar-refractivity contribution in [1.82, 2.24) is 19.6 Å². The van der Waals surface area contributed by atoms with Gasteiger partial charge in [0.05, 0.1) is 16.5 Å². The monoisotopic (exact) mass is 458 g/mol. The molecule has 1 atom stereocenters. The first-order chi connectivity index (χ1) is 17.2. The van der Waals surface area contributed by atoms with Crippen LogP contribution in [0.15, 0.2) is 94.4 Å². The normalized spacial score (nSPS) is 14.5. The van der Waals surface area contributed by atoms with E-state index in [1.807, 2.05) is 55.5 Å². The van der Waals surface area contributed by atoms with Gasteiger partial charge in [0.2, 0.25) is 5.88 Å². The van der Waals surface area contributed by atoms with Crippen molar-refractivity contribution in [2.24, 2.45) is 0 Å². The molecule has 0 amide bonds. The van der Waals surface area contributed by atoms with E-state index < -0.39 is 5.63 Å². The van der Waals surface area contributed by atoms with Crippen LogP contribution in [0.5, 0.6) is 11.6 Å². The highest BCUT2D eigenvalue weighted by Gasteiger charge is 2.33. The standard InChI is InChI=1S/C28H18N4O3/c1-16-22-24(20-9-5-6-10-21(20)34-28(22)33)35-27-23(16)26-30-25(31-32(26)15-29-27)19-13-11-18(12-14-19)17-7-3-2-4-8-17/h2-16H,1H3. The molecule has 0 radical (unpaired) electrons. The van der Waals surface area contributed by atoms with Gasteiger partial charge in [0.15, 0.2) is 17.2 Å². The number of hydrogen-bond donors (Lipinski definition) is 0. The minimum absolute atomic E-state index is 0.330. The summed E-state index contributed by atoms with van der Waals surface area (Å²) in [5.74, 6) is 1.16. The first-order valence-electron chi connectivity index (χ1n) is 11.3. The summed E-state index contributed by atoms with van der Waals surface area (Å²) in [5.41, 5.74) is 4.99. The van der Waals surface area contributed by atoms with Gasteiger partial charge in [-0.15, -0.1) is 5.10 Å². The molecule has 3 aromatic heterocycles. The SMILES string of the molecule is CC1c2c(c3ccccc3oc2=O)Oc2ncn3nc(-c4ccc(-c5ccccc5)cc4)nc3c21. The Balaban J connectivity index is 1.34. The number of ether oxygens (including phenoxy) is 1. The molecule has 0 spiro atoms. The Kier molecular flexibility index (Phi) is 4.14. The van der Waals surface area contributed by atoms with Gasteiger partial charge in [0, 0.05) is 11.5 Å². The van der Waals surface area contributed by atoms with E-state index in [9.17, 15) is 4.79 Å². The third kappa shape index (κ3) is 2.98. The fraction of sp³-hybridized carbons (Fsp3) is 0.0714. The Bertz CT molecular complexity index is 1800. The van der Waals surface area contributed by atoms with Crippen molar-refractivity contribution in [3.63, 3.8) is 0 Å². The molecule has 35 heavy (non-hydrogen) atoms. The number of fused-ring (bicyclic) bond motifs is 6. The Morgan fingerprint density at radius 3 is 2.37 bits per heavy atom. The number of aromatic nitrogens is 4. The number of nitrogens with zero attached hydrogens (tertiary/aromatic N) is 4. The molecule has 0 bridgehead atoms. The van der Waals surface area contributed by atoms with Gasteiger partial charge in [-0.05, 0) is 23.3 Å². The van der Waals surface area contributed by atoms with E-state index in [1.54, 1.807) is 16.9 Å². The lowest BCUT2D eigenvalue weighted by Crippen LogP contribution is -2.19. The molecule has 168 valence electrons. The Labute approximate surface area is 199 Å². The maximum Gasteiger partial charge on any atom is 0.343 e. The van der Waals surface area contributed by atoms with Gasteiger partial charge in [-0.3, -0.25) is 0 Å². The van der Waals surface area contributed by atoms with E-state index in [0.29, 0.717) is 39.8 Å². The highest BCUT2D eigenvalue weighted by Crippen LogP contribution is 2.45. The van der Waals surface area contributed by atoms with E-state index >= 15 is 0 Å². The smallest absolute Gasteiger partial charge is 0.343 e. The molecule has 6 aromatic rings. The third-order valence-electron chi connectivity index (χ3n) is 6.50. The van der Waals surface area contributed by atoms with Gasteiger partial charge in [0.25, 0.3) is 0 Å². The van der Waals surface area contributed by atoms with Crippen LogP contribution in [-0.4, -0.2) is 19.6 Å². The molecule has 7 nitrogen and oxygen atoms in total. The highest BCUT2D eigenvalue weighted by molar-refractivity contribution is 5.86. The molecule has 1 aliphatic rings.